The molecule has 0 saturated heterocycles. The van der Waals surface area contributed by atoms with E-state index in [0.29, 0.717) is 5.56 Å². The Morgan fingerprint density at radius 1 is 1.21 bits per heavy atom. The summed E-state index contributed by atoms with van der Waals surface area (Å²) in [5.41, 5.74) is -0.795. The van der Waals surface area contributed by atoms with E-state index in [1.807, 2.05) is 0 Å². The number of fused-ring (bicyclic) bond motifs is 2. The Labute approximate surface area is 182 Å². The number of alkyl halides is 5. The second-order valence-electron chi connectivity index (χ2n) is 7.04. The minimum Gasteiger partial charge on any atom is -0.490 e. The van der Waals surface area contributed by atoms with Gasteiger partial charge in [0, 0.05) is 18.7 Å². The smallest absolute Gasteiger partial charge is 0.438 e. The fourth-order valence-corrected chi connectivity index (χ4v) is 3.22. The molecule has 0 amide bonds. The van der Waals surface area contributed by atoms with E-state index in [9.17, 15) is 26.3 Å². The lowest BCUT2D eigenvalue weighted by Crippen LogP contribution is -2.37. The Morgan fingerprint density at radius 2 is 2.00 bits per heavy atom. The van der Waals surface area contributed by atoms with Crippen LogP contribution in [0.1, 0.15) is 17.2 Å². The molecule has 4 rings (SSSR count). The van der Waals surface area contributed by atoms with Crippen LogP contribution in [0.3, 0.4) is 0 Å². The molecule has 1 N–H and O–H groups in total. The van der Waals surface area contributed by atoms with Gasteiger partial charge in [-0.15, -0.1) is 0 Å². The van der Waals surface area contributed by atoms with Crippen molar-refractivity contribution in [2.75, 3.05) is 20.3 Å². The maximum Gasteiger partial charge on any atom is 0.438 e. The number of hydrogen-bond donors (Lipinski definition) is 1. The average Bonchev–Trinajstić information content (AvgIpc) is 3.22. The molecule has 0 spiro atoms. The monoisotopic (exact) mass is 473 g/mol. The van der Waals surface area contributed by atoms with Crippen LogP contribution in [0.2, 0.25) is 0 Å². The summed E-state index contributed by atoms with van der Waals surface area (Å²) in [7, 11) is 0.816. The van der Waals surface area contributed by atoms with Crippen molar-refractivity contribution in [3.05, 3.63) is 52.5 Å². The highest BCUT2D eigenvalue weighted by molar-refractivity contribution is 5.88. The van der Waals surface area contributed by atoms with Crippen LogP contribution < -0.4 is 4.74 Å². The molecule has 0 fully saturated rings. The van der Waals surface area contributed by atoms with Gasteiger partial charge in [0.15, 0.2) is 11.7 Å². The normalized spacial score (nSPS) is 18.4. The number of hydrogen-bond acceptors (Lipinski definition) is 5. The molecule has 7 nitrogen and oxygen atoms in total. The molecule has 174 valence electrons. The molecule has 33 heavy (non-hydrogen) atoms. The van der Waals surface area contributed by atoms with Gasteiger partial charge in [0.1, 0.15) is 47.9 Å². The Hall–Kier alpha value is -3.37. The minimum atomic E-state index is -4.64. The fraction of sp³-hybridized carbons (Fsp3) is 0.350. The number of H-pyrrole nitrogens is 1. The highest BCUT2D eigenvalue weighted by Crippen LogP contribution is 2.37. The van der Waals surface area contributed by atoms with Gasteiger partial charge in [0.05, 0.1) is 0 Å². The number of aromatic nitrogens is 3. The standard InChI is InChI=1S/C20H15F6N4O3/c1-31-19(22,23)8-33-15-7-32-14-4-10(21)2-3-11(14)13(15)6-27-17-12-5-16(20(24,25)26)30-18(12)29-9-28-17/h2-5,9,13,15H,7-8H2,1H3,(H,28,29,30)/q+1. The summed E-state index contributed by atoms with van der Waals surface area (Å²) in [4.78, 5) is 13.8. The molecule has 1 aliphatic rings. The van der Waals surface area contributed by atoms with Gasteiger partial charge in [-0.3, -0.25) is 0 Å². The number of nitrogens with zero attached hydrogens (tertiary/aromatic N) is 3. The molecule has 13 heteroatoms. The van der Waals surface area contributed by atoms with E-state index in [1.165, 1.54) is 6.07 Å². The highest BCUT2D eigenvalue weighted by atomic mass is 19.4. The number of methoxy groups -OCH3 is 1. The maximum atomic E-state index is 13.6. The Kier molecular flexibility index (Phi) is 5.89. The van der Waals surface area contributed by atoms with Gasteiger partial charge in [-0.05, 0) is 17.1 Å². The molecule has 1 aromatic carbocycles. The molecule has 3 aromatic rings. The van der Waals surface area contributed by atoms with Gasteiger partial charge >= 0.3 is 18.1 Å². The van der Waals surface area contributed by atoms with E-state index < -0.39 is 42.4 Å². The summed E-state index contributed by atoms with van der Waals surface area (Å²) in [6.45, 7) is -1.33. The van der Waals surface area contributed by atoms with Crippen molar-refractivity contribution in [1.29, 1.82) is 0 Å². The molecule has 2 aromatic heterocycles. The van der Waals surface area contributed by atoms with Crippen molar-refractivity contribution in [2.24, 2.45) is 0 Å². The summed E-state index contributed by atoms with van der Waals surface area (Å²) >= 11 is 0. The van der Waals surface area contributed by atoms with E-state index in [2.05, 4.69) is 30.6 Å². The van der Waals surface area contributed by atoms with Crippen LogP contribution in [0.25, 0.3) is 15.9 Å². The number of rotatable bonds is 4. The molecule has 0 saturated carbocycles. The zero-order chi connectivity index (χ0) is 23.8. The number of halogens is 6. The van der Waals surface area contributed by atoms with Gasteiger partial charge < -0.3 is 19.2 Å². The summed E-state index contributed by atoms with van der Waals surface area (Å²) in [5.74, 6) is -1.51. The molecule has 2 unspecified atom stereocenters. The molecule has 0 aliphatic carbocycles. The van der Waals surface area contributed by atoms with Gasteiger partial charge in [-0.1, -0.05) is 6.07 Å². The third-order valence-corrected chi connectivity index (χ3v) is 4.87. The largest absolute Gasteiger partial charge is 0.490 e. The van der Waals surface area contributed by atoms with E-state index in [0.717, 1.165) is 31.6 Å². The summed E-state index contributed by atoms with van der Waals surface area (Å²) < 4.78 is 94.5. The topological polar surface area (TPSA) is 73.6 Å². The molecule has 1 aliphatic heterocycles. The molecular weight excluding hydrogens is 458 g/mol. The van der Waals surface area contributed by atoms with Crippen LogP contribution in [0, 0.1) is 11.9 Å². The Bertz CT molecular complexity index is 1230. The average molecular weight is 473 g/mol. The van der Waals surface area contributed by atoms with Gasteiger partial charge in [-0.25, -0.2) is 4.39 Å². The summed E-state index contributed by atoms with van der Waals surface area (Å²) in [5, 5.41) is -0.0212. The van der Waals surface area contributed by atoms with Gasteiger partial charge in [0.2, 0.25) is 6.33 Å². The fourth-order valence-electron chi connectivity index (χ4n) is 3.22. The lowest BCUT2D eigenvalue weighted by Gasteiger charge is -2.29. The van der Waals surface area contributed by atoms with E-state index in [-0.39, 0.29) is 29.2 Å². The quantitative estimate of drug-likeness (QED) is 0.547. The van der Waals surface area contributed by atoms with E-state index in [1.54, 1.807) is 0 Å². The summed E-state index contributed by atoms with van der Waals surface area (Å²) in [6.07, 6.45) is -8.22. The molecule has 2 atom stereocenters. The first-order valence-corrected chi connectivity index (χ1v) is 9.41. The van der Waals surface area contributed by atoms with Crippen LogP contribution in [-0.4, -0.2) is 47.5 Å². The number of nitrogens with one attached hydrogen (secondary N) is 1. The summed E-state index contributed by atoms with van der Waals surface area (Å²) in [6, 6.07) is 7.08. The van der Waals surface area contributed by atoms with Crippen LogP contribution >= 0.6 is 0 Å². The highest BCUT2D eigenvalue weighted by Gasteiger charge is 2.38. The number of benzene rings is 1. The third kappa shape index (κ3) is 4.86. The van der Waals surface area contributed by atoms with E-state index >= 15 is 0 Å². The van der Waals surface area contributed by atoms with Crippen molar-refractivity contribution in [1.82, 2.24) is 15.0 Å². The lowest BCUT2D eigenvalue weighted by atomic mass is 9.92. The zero-order valence-corrected chi connectivity index (χ0v) is 16.8. The number of aromatic amines is 1. The van der Waals surface area contributed by atoms with Gasteiger partial charge in [-0.2, -0.15) is 31.8 Å². The van der Waals surface area contributed by atoms with Crippen molar-refractivity contribution in [2.45, 2.75) is 24.3 Å². The molecular formula is C20H15F6N4O3+. The number of ether oxygens (including phenoxy) is 3. The SMILES string of the molecule is COC(F)(F)COC1COc2cc(F)ccc2C1C#[N+]c1ncnc2[nH]c(C(F)(F)F)cc12. The van der Waals surface area contributed by atoms with Crippen LogP contribution in [0.15, 0.2) is 30.6 Å². The maximum absolute atomic E-state index is 13.6. The van der Waals surface area contributed by atoms with Crippen molar-refractivity contribution >= 4 is 16.9 Å². The Balaban J connectivity index is 1.72. The van der Waals surface area contributed by atoms with Crippen LogP contribution in [0.5, 0.6) is 5.75 Å². The second kappa shape index (κ2) is 8.53. The predicted octanol–water partition coefficient (Wildman–Crippen LogP) is 4.88. The molecule has 0 bridgehead atoms. The first-order chi connectivity index (χ1) is 15.6. The first kappa shape index (κ1) is 22.8. The first-order valence-electron chi connectivity index (χ1n) is 9.41. The van der Waals surface area contributed by atoms with Crippen LogP contribution in [0.4, 0.5) is 32.2 Å². The zero-order valence-electron chi connectivity index (χ0n) is 16.8. The van der Waals surface area contributed by atoms with Gasteiger partial charge in [0.25, 0.3) is 0 Å². The van der Waals surface area contributed by atoms with E-state index in [4.69, 9.17) is 9.47 Å². The predicted molar refractivity (Wildman–Crippen MR) is 102 cm³/mol. The minimum absolute atomic E-state index is 0.0212. The Morgan fingerprint density at radius 3 is 2.73 bits per heavy atom. The van der Waals surface area contributed by atoms with Crippen molar-refractivity contribution < 1.29 is 40.6 Å². The molecule has 0 radical (unpaired) electrons. The van der Waals surface area contributed by atoms with Crippen molar-refractivity contribution in [3.8, 4) is 11.8 Å². The van der Waals surface area contributed by atoms with Crippen molar-refractivity contribution in [3.63, 3.8) is 0 Å². The van der Waals surface area contributed by atoms with Crippen LogP contribution in [-0.2, 0) is 15.7 Å². The third-order valence-electron chi connectivity index (χ3n) is 4.87. The second-order valence-corrected chi connectivity index (χ2v) is 7.04. The lowest BCUT2D eigenvalue weighted by molar-refractivity contribution is -0.258. The molecule has 3 heterocycles.